The first-order valence-corrected chi connectivity index (χ1v) is 6.57. The van der Waals surface area contributed by atoms with Gasteiger partial charge in [-0.05, 0) is 13.3 Å². The second kappa shape index (κ2) is 5.16. The highest BCUT2D eigenvalue weighted by Crippen LogP contribution is 2.41. The van der Waals surface area contributed by atoms with Crippen LogP contribution in [0, 0.1) is 16.0 Å². The van der Waals surface area contributed by atoms with Crippen molar-refractivity contribution >= 4 is 11.4 Å². The van der Waals surface area contributed by atoms with Gasteiger partial charge in [0.2, 0.25) is 6.79 Å². The lowest BCUT2D eigenvalue weighted by molar-refractivity contribution is -0.384. The fourth-order valence-electron chi connectivity index (χ4n) is 2.51. The highest BCUT2D eigenvalue weighted by atomic mass is 16.7. The van der Waals surface area contributed by atoms with Crippen LogP contribution in [-0.4, -0.2) is 31.0 Å². The zero-order valence-electron chi connectivity index (χ0n) is 11.1. The van der Waals surface area contributed by atoms with Crippen LogP contribution in [-0.2, 0) is 4.74 Å². The average Bonchev–Trinajstić information content (AvgIpc) is 3.08. The molecule has 0 saturated carbocycles. The number of ether oxygens (including phenoxy) is 3. The van der Waals surface area contributed by atoms with E-state index in [-0.39, 0.29) is 18.5 Å². The Hall–Kier alpha value is -2.02. The Morgan fingerprint density at radius 3 is 2.80 bits per heavy atom. The van der Waals surface area contributed by atoms with E-state index in [2.05, 4.69) is 5.32 Å². The summed E-state index contributed by atoms with van der Waals surface area (Å²) in [6.45, 7) is 3.54. The van der Waals surface area contributed by atoms with Crippen LogP contribution < -0.4 is 14.8 Å². The molecule has 0 amide bonds. The monoisotopic (exact) mass is 280 g/mol. The fourth-order valence-corrected chi connectivity index (χ4v) is 2.51. The fraction of sp³-hybridized carbons (Fsp3) is 0.538. The third-order valence-electron chi connectivity index (χ3n) is 3.74. The molecule has 20 heavy (non-hydrogen) atoms. The van der Waals surface area contributed by atoms with E-state index >= 15 is 0 Å². The zero-order valence-corrected chi connectivity index (χ0v) is 11.1. The van der Waals surface area contributed by atoms with Crippen molar-refractivity contribution in [2.75, 3.05) is 25.3 Å². The van der Waals surface area contributed by atoms with E-state index in [1.807, 2.05) is 6.92 Å². The Morgan fingerprint density at radius 1 is 1.40 bits per heavy atom. The maximum absolute atomic E-state index is 11.2. The van der Waals surface area contributed by atoms with Crippen molar-refractivity contribution in [1.29, 1.82) is 0 Å². The Bertz CT molecular complexity index is 528. The lowest BCUT2D eigenvalue weighted by Crippen LogP contribution is -2.26. The van der Waals surface area contributed by atoms with Gasteiger partial charge in [0.05, 0.1) is 17.6 Å². The second-order valence-electron chi connectivity index (χ2n) is 5.04. The molecule has 7 nitrogen and oxygen atoms in total. The predicted octanol–water partition coefficient (Wildman–Crippen LogP) is 2.16. The Morgan fingerprint density at radius 2 is 2.15 bits per heavy atom. The molecule has 2 unspecified atom stereocenters. The number of nitro groups is 1. The molecule has 2 aliphatic rings. The van der Waals surface area contributed by atoms with Gasteiger partial charge in [-0.15, -0.1) is 0 Å². The molecule has 2 atom stereocenters. The largest absolute Gasteiger partial charge is 0.454 e. The predicted molar refractivity (Wildman–Crippen MR) is 71.2 cm³/mol. The Labute approximate surface area is 116 Å². The molecule has 0 spiro atoms. The van der Waals surface area contributed by atoms with Crippen LogP contribution in [0.5, 0.6) is 11.5 Å². The van der Waals surface area contributed by atoms with Crippen molar-refractivity contribution in [1.82, 2.24) is 0 Å². The highest BCUT2D eigenvalue weighted by molar-refractivity contribution is 5.69. The molecule has 1 saturated heterocycles. The van der Waals surface area contributed by atoms with Gasteiger partial charge in [0, 0.05) is 24.6 Å². The van der Waals surface area contributed by atoms with Crippen LogP contribution in [0.1, 0.15) is 13.3 Å². The van der Waals surface area contributed by atoms with Crippen LogP contribution in [0.15, 0.2) is 12.1 Å². The molecule has 1 aromatic carbocycles. The molecule has 7 heteroatoms. The topological polar surface area (TPSA) is 82.9 Å². The molecule has 108 valence electrons. The second-order valence-corrected chi connectivity index (χ2v) is 5.04. The molecule has 1 aromatic rings. The van der Waals surface area contributed by atoms with Crippen LogP contribution in [0.3, 0.4) is 0 Å². The highest BCUT2D eigenvalue weighted by Gasteiger charge is 2.27. The van der Waals surface area contributed by atoms with E-state index in [1.165, 1.54) is 6.07 Å². The summed E-state index contributed by atoms with van der Waals surface area (Å²) in [7, 11) is 0. The van der Waals surface area contributed by atoms with E-state index < -0.39 is 4.92 Å². The van der Waals surface area contributed by atoms with Gasteiger partial charge in [-0.1, -0.05) is 0 Å². The summed E-state index contributed by atoms with van der Waals surface area (Å²) in [4.78, 5) is 10.8. The third kappa shape index (κ3) is 2.36. The number of fused-ring (bicyclic) bond motifs is 1. The molecule has 1 fully saturated rings. The minimum absolute atomic E-state index is 0.0000142. The standard InChI is InChI=1S/C13H16N2O5/c1-8(9-2-3-18-6-9)14-10-4-12-13(20-7-19-12)5-11(10)15(16)17/h4-5,8-9,14H,2-3,6-7H2,1H3. The lowest BCUT2D eigenvalue weighted by Gasteiger charge is -2.20. The van der Waals surface area contributed by atoms with Gasteiger partial charge < -0.3 is 19.5 Å². The molecule has 0 bridgehead atoms. The van der Waals surface area contributed by atoms with Crippen molar-refractivity contribution in [2.45, 2.75) is 19.4 Å². The van der Waals surface area contributed by atoms with E-state index in [0.717, 1.165) is 13.0 Å². The smallest absolute Gasteiger partial charge is 0.296 e. The van der Waals surface area contributed by atoms with Crippen LogP contribution in [0.25, 0.3) is 0 Å². The third-order valence-corrected chi connectivity index (χ3v) is 3.74. The maximum Gasteiger partial charge on any atom is 0.296 e. The van der Waals surface area contributed by atoms with E-state index in [9.17, 15) is 10.1 Å². The number of nitro benzene ring substituents is 1. The van der Waals surface area contributed by atoms with Crippen LogP contribution in [0.2, 0.25) is 0 Å². The zero-order chi connectivity index (χ0) is 14.1. The van der Waals surface area contributed by atoms with Crippen molar-refractivity contribution < 1.29 is 19.1 Å². The van der Waals surface area contributed by atoms with Crippen LogP contribution in [0.4, 0.5) is 11.4 Å². The van der Waals surface area contributed by atoms with Crippen molar-refractivity contribution in [3.63, 3.8) is 0 Å². The van der Waals surface area contributed by atoms with Gasteiger partial charge >= 0.3 is 0 Å². The van der Waals surface area contributed by atoms with Gasteiger partial charge in [-0.3, -0.25) is 10.1 Å². The van der Waals surface area contributed by atoms with Gasteiger partial charge in [-0.25, -0.2) is 0 Å². The summed E-state index contributed by atoms with van der Waals surface area (Å²) in [6.07, 6.45) is 0.965. The minimum atomic E-state index is -0.415. The first kappa shape index (κ1) is 13.0. The summed E-state index contributed by atoms with van der Waals surface area (Å²) in [6, 6.07) is 3.13. The summed E-state index contributed by atoms with van der Waals surface area (Å²) < 4.78 is 15.8. The summed E-state index contributed by atoms with van der Waals surface area (Å²) in [5.41, 5.74) is 0.457. The van der Waals surface area contributed by atoms with Crippen molar-refractivity contribution in [2.24, 2.45) is 5.92 Å². The number of hydrogen-bond acceptors (Lipinski definition) is 6. The van der Waals surface area contributed by atoms with E-state index in [0.29, 0.717) is 29.7 Å². The summed E-state index contributed by atoms with van der Waals surface area (Å²) >= 11 is 0. The van der Waals surface area contributed by atoms with Gasteiger partial charge in [0.1, 0.15) is 5.69 Å². The first-order chi connectivity index (χ1) is 9.65. The van der Waals surface area contributed by atoms with Gasteiger partial charge in [-0.2, -0.15) is 0 Å². The van der Waals surface area contributed by atoms with Gasteiger partial charge in [0.25, 0.3) is 5.69 Å². The Kier molecular flexibility index (Phi) is 3.35. The van der Waals surface area contributed by atoms with Gasteiger partial charge in [0.15, 0.2) is 11.5 Å². The maximum atomic E-state index is 11.2. The molecular formula is C13H16N2O5. The summed E-state index contributed by atoms with van der Waals surface area (Å²) in [5.74, 6) is 1.31. The van der Waals surface area contributed by atoms with E-state index in [4.69, 9.17) is 14.2 Å². The number of benzene rings is 1. The number of nitrogens with one attached hydrogen (secondary N) is 1. The molecule has 1 N–H and O–H groups in total. The molecule has 0 aliphatic carbocycles. The number of nitrogens with zero attached hydrogens (tertiary/aromatic N) is 1. The van der Waals surface area contributed by atoms with E-state index in [1.54, 1.807) is 6.07 Å². The average molecular weight is 280 g/mol. The molecule has 0 radical (unpaired) electrons. The molecule has 3 rings (SSSR count). The first-order valence-electron chi connectivity index (χ1n) is 6.57. The molecule has 0 aromatic heterocycles. The SMILES string of the molecule is CC(Nc1cc2c(cc1[N+](=O)[O-])OCO2)C1CCOC1. The number of rotatable bonds is 4. The summed E-state index contributed by atoms with van der Waals surface area (Å²) in [5, 5.41) is 14.4. The molecule has 2 aliphatic heterocycles. The number of hydrogen-bond donors (Lipinski definition) is 1. The molecule has 2 heterocycles. The normalized spacial score (nSPS) is 21.8. The quantitative estimate of drug-likeness (QED) is 0.672. The van der Waals surface area contributed by atoms with Crippen molar-refractivity contribution in [3.05, 3.63) is 22.2 Å². The lowest BCUT2D eigenvalue weighted by atomic mass is 10.0. The van der Waals surface area contributed by atoms with Crippen molar-refractivity contribution in [3.8, 4) is 11.5 Å². The molecular weight excluding hydrogens is 264 g/mol. The minimum Gasteiger partial charge on any atom is -0.454 e. The number of anilines is 1. The van der Waals surface area contributed by atoms with Crippen LogP contribution >= 0.6 is 0 Å². The Balaban J connectivity index is 1.85.